The van der Waals surface area contributed by atoms with E-state index >= 15 is 0 Å². The highest BCUT2D eigenvalue weighted by molar-refractivity contribution is 6.03. The summed E-state index contributed by atoms with van der Waals surface area (Å²) in [6.07, 6.45) is 6.23. The van der Waals surface area contributed by atoms with Gasteiger partial charge in [0.25, 0.3) is 0 Å². The molecule has 4 rings (SSSR count). The number of carbonyl (C=O) groups is 2. The number of amides is 2. The number of hydrogen-bond donors (Lipinski definition) is 1. The van der Waals surface area contributed by atoms with Crippen molar-refractivity contribution in [3.8, 4) is 0 Å². The summed E-state index contributed by atoms with van der Waals surface area (Å²) in [4.78, 5) is 26.3. The first-order valence-electron chi connectivity index (χ1n) is 9.03. The van der Waals surface area contributed by atoms with Crippen LogP contribution in [0.2, 0.25) is 0 Å². The Labute approximate surface area is 151 Å². The molecule has 6 nitrogen and oxygen atoms in total. The van der Waals surface area contributed by atoms with Crippen molar-refractivity contribution in [2.45, 2.75) is 38.1 Å². The maximum atomic E-state index is 14.0. The first-order chi connectivity index (χ1) is 12.6. The number of halogens is 1. The number of hydrogen-bond acceptors (Lipinski definition) is 3. The van der Waals surface area contributed by atoms with Crippen molar-refractivity contribution >= 4 is 23.3 Å². The second kappa shape index (κ2) is 6.90. The highest BCUT2D eigenvalue weighted by Crippen LogP contribution is 2.32. The predicted molar refractivity (Wildman–Crippen MR) is 95.2 cm³/mol. The molecule has 1 aliphatic carbocycles. The molecule has 2 amide bonds. The molecule has 1 saturated carbocycles. The molecular weight excluding hydrogens is 335 g/mol. The van der Waals surface area contributed by atoms with Crippen molar-refractivity contribution in [1.29, 1.82) is 0 Å². The molecule has 1 aromatic heterocycles. The summed E-state index contributed by atoms with van der Waals surface area (Å²) in [5.41, 5.74) is 0.226. The Morgan fingerprint density at radius 3 is 2.73 bits per heavy atom. The summed E-state index contributed by atoms with van der Waals surface area (Å²) >= 11 is 0. The van der Waals surface area contributed by atoms with Gasteiger partial charge in [-0.05, 0) is 25.0 Å². The molecule has 0 radical (unpaired) electrons. The fourth-order valence-corrected chi connectivity index (χ4v) is 3.87. The molecule has 0 spiro atoms. The van der Waals surface area contributed by atoms with Crippen LogP contribution in [0.3, 0.4) is 0 Å². The average Bonchev–Trinajstić information content (AvgIpc) is 3.35. The topological polar surface area (TPSA) is 67.2 Å². The molecule has 2 aromatic rings. The van der Waals surface area contributed by atoms with Gasteiger partial charge in [0.05, 0.1) is 23.8 Å². The molecule has 136 valence electrons. The van der Waals surface area contributed by atoms with E-state index in [0.29, 0.717) is 11.9 Å². The van der Waals surface area contributed by atoms with Crippen molar-refractivity contribution in [2.24, 2.45) is 5.92 Å². The Balaban J connectivity index is 1.46. The Hall–Kier alpha value is -2.70. The summed E-state index contributed by atoms with van der Waals surface area (Å²) < 4.78 is 15.8. The van der Waals surface area contributed by atoms with Crippen LogP contribution in [0.5, 0.6) is 0 Å². The maximum absolute atomic E-state index is 14.0. The van der Waals surface area contributed by atoms with E-state index in [-0.39, 0.29) is 30.5 Å². The van der Waals surface area contributed by atoms with Crippen molar-refractivity contribution in [3.63, 3.8) is 0 Å². The zero-order valence-corrected chi connectivity index (χ0v) is 14.4. The Bertz CT molecular complexity index is 828. The lowest BCUT2D eigenvalue weighted by Crippen LogP contribution is -2.29. The fraction of sp³-hybridized carbons (Fsp3) is 0.421. The summed E-state index contributed by atoms with van der Waals surface area (Å²) in [7, 11) is 0. The number of carbonyl (C=O) groups excluding carboxylic acids is 2. The van der Waals surface area contributed by atoms with Gasteiger partial charge in [-0.15, -0.1) is 0 Å². The van der Waals surface area contributed by atoms with E-state index in [1.165, 1.54) is 23.8 Å². The molecule has 1 aromatic carbocycles. The fourth-order valence-electron chi connectivity index (χ4n) is 3.87. The van der Waals surface area contributed by atoms with E-state index in [2.05, 4.69) is 10.4 Å². The standard InChI is InChI=1S/C19H21FN4O2/c20-15-7-3-4-8-16(15)23-12-13(11-18(23)25)19(26)22-17-9-10-21-24(17)14-5-1-2-6-14/h3-4,7-10,13-14H,1-2,5-6,11-12H2,(H,22,26)/t13-/m1/s1. The van der Waals surface area contributed by atoms with Crippen LogP contribution in [-0.2, 0) is 9.59 Å². The molecule has 2 aliphatic rings. The highest BCUT2D eigenvalue weighted by Gasteiger charge is 2.36. The van der Waals surface area contributed by atoms with Gasteiger partial charge >= 0.3 is 0 Å². The van der Waals surface area contributed by atoms with Gasteiger partial charge in [0.2, 0.25) is 11.8 Å². The zero-order chi connectivity index (χ0) is 18.1. The second-order valence-corrected chi connectivity index (χ2v) is 6.95. The van der Waals surface area contributed by atoms with Gasteiger partial charge in [-0.2, -0.15) is 5.10 Å². The smallest absolute Gasteiger partial charge is 0.230 e. The molecule has 2 fully saturated rings. The Morgan fingerprint density at radius 1 is 1.19 bits per heavy atom. The first-order valence-corrected chi connectivity index (χ1v) is 9.03. The molecule has 2 heterocycles. The molecule has 0 bridgehead atoms. The molecular formula is C19H21FN4O2. The summed E-state index contributed by atoms with van der Waals surface area (Å²) in [5, 5.41) is 7.25. The molecule has 0 unspecified atom stereocenters. The Kier molecular flexibility index (Phi) is 4.44. The van der Waals surface area contributed by atoms with Crippen molar-refractivity contribution in [3.05, 3.63) is 42.3 Å². The number of aromatic nitrogens is 2. The van der Waals surface area contributed by atoms with Gasteiger partial charge in [-0.3, -0.25) is 9.59 Å². The lowest BCUT2D eigenvalue weighted by molar-refractivity contribution is -0.122. The third-order valence-corrected chi connectivity index (χ3v) is 5.23. The van der Waals surface area contributed by atoms with Crippen LogP contribution in [-0.4, -0.2) is 28.1 Å². The zero-order valence-electron chi connectivity index (χ0n) is 14.4. The lowest BCUT2D eigenvalue weighted by Gasteiger charge is -2.18. The minimum absolute atomic E-state index is 0.0811. The molecule has 1 saturated heterocycles. The average molecular weight is 356 g/mol. The lowest BCUT2D eigenvalue weighted by atomic mass is 10.1. The first kappa shape index (κ1) is 16.8. The number of nitrogens with one attached hydrogen (secondary N) is 1. The normalized spacial score (nSPS) is 20.7. The SMILES string of the molecule is O=C(Nc1ccnn1C1CCCC1)[C@@H]1CC(=O)N(c2ccccc2F)C1. The van der Waals surface area contributed by atoms with Crippen LogP contribution in [0.25, 0.3) is 0 Å². The van der Waals surface area contributed by atoms with Gasteiger partial charge < -0.3 is 10.2 Å². The van der Waals surface area contributed by atoms with Crippen LogP contribution >= 0.6 is 0 Å². The summed E-state index contributed by atoms with van der Waals surface area (Å²) in [6, 6.07) is 8.23. The minimum atomic E-state index is -0.506. The van der Waals surface area contributed by atoms with E-state index < -0.39 is 11.7 Å². The Morgan fingerprint density at radius 2 is 1.96 bits per heavy atom. The van der Waals surface area contributed by atoms with Crippen LogP contribution < -0.4 is 10.2 Å². The maximum Gasteiger partial charge on any atom is 0.230 e. The van der Waals surface area contributed by atoms with Crippen molar-refractivity contribution < 1.29 is 14.0 Å². The number of nitrogens with zero attached hydrogens (tertiary/aromatic N) is 3. The number of rotatable bonds is 4. The monoisotopic (exact) mass is 356 g/mol. The van der Waals surface area contributed by atoms with Gasteiger partial charge in [-0.25, -0.2) is 9.07 Å². The summed E-state index contributed by atoms with van der Waals surface area (Å²) in [6.45, 7) is 0.184. The number of para-hydroxylation sites is 1. The van der Waals surface area contributed by atoms with Crippen molar-refractivity contribution in [2.75, 3.05) is 16.8 Å². The second-order valence-electron chi connectivity index (χ2n) is 6.95. The van der Waals surface area contributed by atoms with Gasteiger partial charge in [-0.1, -0.05) is 25.0 Å². The van der Waals surface area contributed by atoms with Gasteiger partial charge in [0.15, 0.2) is 0 Å². The van der Waals surface area contributed by atoms with Crippen LogP contribution in [0.15, 0.2) is 36.5 Å². The number of benzene rings is 1. The van der Waals surface area contributed by atoms with Gasteiger partial charge in [0.1, 0.15) is 11.6 Å². The van der Waals surface area contributed by atoms with Gasteiger partial charge in [0, 0.05) is 19.0 Å². The third-order valence-electron chi connectivity index (χ3n) is 5.23. The third kappa shape index (κ3) is 3.09. The van der Waals surface area contributed by atoms with E-state index in [0.717, 1.165) is 12.8 Å². The van der Waals surface area contributed by atoms with E-state index in [1.54, 1.807) is 30.5 Å². The highest BCUT2D eigenvalue weighted by atomic mass is 19.1. The van der Waals surface area contributed by atoms with E-state index in [1.807, 2.05) is 4.68 Å². The molecule has 1 atom stereocenters. The number of anilines is 2. The molecule has 7 heteroatoms. The minimum Gasteiger partial charge on any atom is -0.311 e. The summed E-state index contributed by atoms with van der Waals surface area (Å²) in [5.74, 6) is -0.759. The molecule has 1 N–H and O–H groups in total. The largest absolute Gasteiger partial charge is 0.311 e. The van der Waals surface area contributed by atoms with Crippen molar-refractivity contribution in [1.82, 2.24) is 9.78 Å². The van der Waals surface area contributed by atoms with E-state index in [4.69, 9.17) is 0 Å². The predicted octanol–water partition coefficient (Wildman–Crippen LogP) is 3.13. The molecule has 26 heavy (non-hydrogen) atoms. The van der Waals surface area contributed by atoms with Crippen LogP contribution in [0, 0.1) is 11.7 Å². The molecule has 1 aliphatic heterocycles. The van der Waals surface area contributed by atoms with Crippen LogP contribution in [0.1, 0.15) is 38.1 Å². The van der Waals surface area contributed by atoms with E-state index in [9.17, 15) is 14.0 Å². The van der Waals surface area contributed by atoms with Crippen LogP contribution in [0.4, 0.5) is 15.9 Å². The quantitative estimate of drug-likeness (QED) is 0.915.